The van der Waals surface area contributed by atoms with Crippen LogP contribution in [0, 0.1) is 24.0 Å². The largest absolute Gasteiger partial charge is 0.287 e. The Morgan fingerprint density at radius 2 is 1.55 bits per heavy atom. The highest BCUT2D eigenvalue weighted by Crippen LogP contribution is 2.30. The maximum absolute atomic E-state index is 13.0. The van der Waals surface area contributed by atoms with Crippen LogP contribution < -0.4 is 4.72 Å². The van der Waals surface area contributed by atoms with E-state index in [4.69, 9.17) is 0 Å². The third-order valence-corrected chi connectivity index (χ3v) is 7.82. The molecule has 1 atom stereocenters. The van der Waals surface area contributed by atoms with E-state index in [2.05, 4.69) is 9.08 Å². The van der Waals surface area contributed by atoms with Gasteiger partial charge in [-0.25, -0.2) is 12.6 Å². The molecule has 172 valence electrons. The lowest BCUT2D eigenvalue weighted by Gasteiger charge is -2.13. The summed E-state index contributed by atoms with van der Waals surface area (Å²) in [7, 11) is -7.33. The lowest BCUT2D eigenvalue weighted by Crippen LogP contribution is -2.16. The van der Waals surface area contributed by atoms with Crippen molar-refractivity contribution < 1.29 is 22.3 Å². The molecule has 11 heteroatoms. The molecule has 0 aliphatic heterocycles. The zero-order valence-electron chi connectivity index (χ0n) is 18.0. The Bertz CT molecular complexity index is 1460. The molecule has 0 saturated carbocycles. The molecule has 3 aromatic carbocycles. The molecule has 0 spiro atoms. The summed E-state index contributed by atoms with van der Waals surface area (Å²) >= 11 is 0. The lowest BCUT2D eigenvalue weighted by atomic mass is 10.1. The van der Waals surface area contributed by atoms with Crippen LogP contribution in [0.2, 0.25) is 0 Å². The summed E-state index contributed by atoms with van der Waals surface area (Å²) < 4.78 is 44.9. The van der Waals surface area contributed by atoms with Crippen molar-refractivity contribution in [1.29, 1.82) is 0 Å². The van der Waals surface area contributed by atoms with Crippen LogP contribution in [0.4, 0.5) is 11.4 Å². The van der Waals surface area contributed by atoms with Gasteiger partial charge in [0.2, 0.25) is 0 Å². The van der Waals surface area contributed by atoms with E-state index in [1.165, 1.54) is 25.3 Å². The summed E-state index contributed by atoms with van der Waals surface area (Å²) in [5.74, 6) is -0.967. The van der Waals surface area contributed by atoms with Crippen LogP contribution in [-0.4, -0.2) is 29.7 Å². The molecule has 1 amide bonds. The van der Waals surface area contributed by atoms with Crippen molar-refractivity contribution in [2.24, 2.45) is 4.36 Å². The van der Waals surface area contributed by atoms with Crippen molar-refractivity contribution >= 4 is 37.0 Å². The van der Waals surface area contributed by atoms with E-state index in [-0.39, 0.29) is 27.4 Å². The van der Waals surface area contributed by atoms with E-state index in [1.54, 1.807) is 49.4 Å². The molecule has 0 saturated heterocycles. The standard InChI is InChI=1S/C22H21N3O6S2/c1-15-9-11-18(12-10-15)33(30,31)23-20-14-21(25(27)28)16(2)13-19(20)22(26)24-32(3,29)17-7-5-4-6-8-17/h4-14,23H,1-3H3. The molecule has 9 nitrogen and oxygen atoms in total. The van der Waals surface area contributed by atoms with Gasteiger partial charge in [0.15, 0.2) is 0 Å². The van der Waals surface area contributed by atoms with Gasteiger partial charge in [-0.1, -0.05) is 35.9 Å². The number of sulfonamides is 1. The van der Waals surface area contributed by atoms with Crippen molar-refractivity contribution in [3.63, 3.8) is 0 Å². The first-order valence-corrected chi connectivity index (χ1v) is 13.0. The Kier molecular flexibility index (Phi) is 6.65. The monoisotopic (exact) mass is 487 g/mol. The van der Waals surface area contributed by atoms with E-state index in [9.17, 15) is 27.5 Å². The minimum atomic E-state index is -4.18. The maximum atomic E-state index is 13.0. The second kappa shape index (κ2) is 9.12. The van der Waals surface area contributed by atoms with E-state index in [0.717, 1.165) is 17.7 Å². The Hall–Kier alpha value is -3.57. The first kappa shape index (κ1) is 24.1. The molecule has 1 N–H and O–H groups in total. The summed E-state index contributed by atoms with van der Waals surface area (Å²) in [4.78, 5) is 24.0. The van der Waals surface area contributed by atoms with E-state index in [0.29, 0.717) is 4.90 Å². The van der Waals surface area contributed by atoms with Crippen molar-refractivity contribution in [3.8, 4) is 0 Å². The number of amides is 1. The predicted octanol–water partition coefficient (Wildman–Crippen LogP) is 4.31. The minimum absolute atomic E-state index is 0.0877. The Morgan fingerprint density at radius 3 is 2.12 bits per heavy atom. The van der Waals surface area contributed by atoms with Crippen LogP contribution in [0.5, 0.6) is 0 Å². The second-order valence-electron chi connectivity index (χ2n) is 7.37. The van der Waals surface area contributed by atoms with Gasteiger partial charge in [-0.3, -0.25) is 19.6 Å². The van der Waals surface area contributed by atoms with E-state index < -0.39 is 30.6 Å². The average molecular weight is 488 g/mol. The smallest absolute Gasteiger partial charge is 0.279 e. The number of hydrogen-bond donors (Lipinski definition) is 1. The first-order valence-electron chi connectivity index (χ1n) is 9.61. The van der Waals surface area contributed by atoms with Crippen LogP contribution in [0.15, 0.2) is 80.9 Å². The molecule has 3 aromatic rings. The molecule has 0 aliphatic rings. The number of benzene rings is 3. The topological polar surface area (TPSA) is 136 Å². The maximum Gasteiger partial charge on any atom is 0.287 e. The molecule has 0 aliphatic carbocycles. The van der Waals surface area contributed by atoms with Crippen LogP contribution in [-0.2, 0) is 19.8 Å². The van der Waals surface area contributed by atoms with Gasteiger partial charge in [0.05, 0.1) is 30.8 Å². The number of nitrogens with one attached hydrogen (secondary N) is 1. The second-order valence-corrected chi connectivity index (χ2v) is 11.3. The van der Waals surface area contributed by atoms with E-state index >= 15 is 0 Å². The number of nitro benzene ring substituents is 1. The van der Waals surface area contributed by atoms with Gasteiger partial charge in [0.1, 0.15) is 0 Å². The van der Waals surface area contributed by atoms with Gasteiger partial charge in [0, 0.05) is 22.8 Å². The number of nitrogens with zero attached hydrogens (tertiary/aromatic N) is 2. The van der Waals surface area contributed by atoms with Crippen LogP contribution in [0.1, 0.15) is 21.5 Å². The van der Waals surface area contributed by atoms with Gasteiger partial charge in [0.25, 0.3) is 21.6 Å². The van der Waals surface area contributed by atoms with Gasteiger partial charge >= 0.3 is 0 Å². The highest BCUT2D eigenvalue weighted by Gasteiger charge is 2.24. The fourth-order valence-electron chi connectivity index (χ4n) is 3.01. The molecule has 0 heterocycles. The molecule has 0 bridgehead atoms. The molecule has 0 radical (unpaired) electrons. The Labute approximate surface area is 191 Å². The van der Waals surface area contributed by atoms with Crippen molar-refractivity contribution in [3.05, 3.63) is 93.5 Å². The number of rotatable bonds is 6. The molecular formula is C22H21N3O6S2. The summed E-state index contributed by atoms with van der Waals surface area (Å²) in [5, 5.41) is 11.4. The fourth-order valence-corrected chi connectivity index (χ4v) is 5.26. The Morgan fingerprint density at radius 1 is 0.939 bits per heavy atom. The van der Waals surface area contributed by atoms with Gasteiger partial charge in [-0.2, -0.15) is 4.36 Å². The number of carbonyl (C=O) groups excluding carboxylic acids is 1. The number of nitro groups is 1. The summed E-state index contributed by atoms with van der Waals surface area (Å²) in [6.45, 7) is 3.20. The van der Waals surface area contributed by atoms with Crippen molar-refractivity contribution in [2.45, 2.75) is 23.6 Å². The van der Waals surface area contributed by atoms with Crippen LogP contribution in [0.25, 0.3) is 0 Å². The number of anilines is 1. The highest BCUT2D eigenvalue weighted by atomic mass is 32.2. The molecule has 33 heavy (non-hydrogen) atoms. The van der Waals surface area contributed by atoms with Gasteiger partial charge < -0.3 is 0 Å². The number of hydrogen-bond acceptors (Lipinski definition) is 6. The fraction of sp³-hybridized carbons (Fsp3) is 0.136. The first-order chi connectivity index (χ1) is 15.4. The van der Waals surface area contributed by atoms with Gasteiger partial charge in [-0.15, -0.1) is 0 Å². The quantitative estimate of drug-likeness (QED) is 0.406. The molecule has 3 rings (SSSR count). The number of carbonyl (C=O) groups is 1. The van der Waals surface area contributed by atoms with Gasteiger partial charge in [-0.05, 0) is 44.2 Å². The summed E-state index contributed by atoms with van der Waals surface area (Å²) in [5.41, 5.74) is 0.00461. The molecule has 1 unspecified atom stereocenters. The number of aryl methyl sites for hydroxylation is 2. The summed E-state index contributed by atoms with van der Waals surface area (Å²) in [6, 6.07) is 16.2. The molecule has 0 aromatic heterocycles. The minimum Gasteiger partial charge on any atom is -0.279 e. The third-order valence-electron chi connectivity index (χ3n) is 4.78. The summed E-state index contributed by atoms with van der Waals surface area (Å²) in [6.07, 6.45) is 1.29. The van der Waals surface area contributed by atoms with Crippen LogP contribution >= 0.6 is 0 Å². The third kappa shape index (κ3) is 5.44. The van der Waals surface area contributed by atoms with Crippen molar-refractivity contribution in [1.82, 2.24) is 0 Å². The predicted molar refractivity (Wildman–Crippen MR) is 125 cm³/mol. The SMILES string of the molecule is Cc1ccc(S(=O)(=O)Nc2cc([N+](=O)[O-])c(C)cc2C(=O)N=S(C)(=O)c2ccccc2)cc1. The van der Waals surface area contributed by atoms with Crippen LogP contribution in [0.3, 0.4) is 0 Å². The zero-order chi connectivity index (χ0) is 24.4. The molecule has 0 fully saturated rings. The lowest BCUT2D eigenvalue weighted by molar-refractivity contribution is -0.385. The molecular weight excluding hydrogens is 466 g/mol. The average Bonchev–Trinajstić information content (AvgIpc) is 2.75. The van der Waals surface area contributed by atoms with Crippen molar-refractivity contribution in [2.75, 3.05) is 11.0 Å². The highest BCUT2D eigenvalue weighted by molar-refractivity contribution is 7.93. The Balaban J connectivity index is 2.14. The van der Waals surface area contributed by atoms with E-state index in [1.807, 2.05) is 0 Å². The zero-order valence-corrected chi connectivity index (χ0v) is 19.6. The normalized spacial score (nSPS) is 13.1.